The van der Waals surface area contributed by atoms with Gasteiger partial charge in [-0.2, -0.15) is 5.26 Å². The van der Waals surface area contributed by atoms with E-state index < -0.39 is 0 Å². The van der Waals surface area contributed by atoms with Crippen molar-refractivity contribution in [2.75, 3.05) is 5.32 Å². The van der Waals surface area contributed by atoms with Crippen LogP contribution >= 0.6 is 0 Å². The maximum absolute atomic E-state index is 8.98. The van der Waals surface area contributed by atoms with Gasteiger partial charge in [-0.1, -0.05) is 36.4 Å². The van der Waals surface area contributed by atoms with E-state index in [0.29, 0.717) is 5.56 Å². The highest BCUT2D eigenvalue weighted by molar-refractivity contribution is 5.57. The molecule has 2 aromatic carbocycles. The van der Waals surface area contributed by atoms with E-state index in [-0.39, 0.29) is 0 Å². The van der Waals surface area contributed by atoms with Gasteiger partial charge >= 0.3 is 0 Å². The van der Waals surface area contributed by atoms with Crippen molar-refractivity contribution in [1.82, 2.24) is 0 Å². The molecular formula is C15H14N2. The third-order valence-electron chi connectivity index (χ3n) is 2.78. The average molecular weight is 222 g/mol. The third kappa shape index (κ3) is 2.64. The molecule has 0 heterocycles. The number of hydrogen-bond donors (Lipinski definition) is 1. The molecule has 0 radical (unpaired) electrons. The van der Waals surface area contributed by atoms with Gasteiger partial charge in [0.2, 0.25) is 0 Å². The van der Waals surface area contributed by atoms with Crippen LogP contribution in [0.4, 0.5) is 5.69 Å². The van der Waals surface area contributed by atoms with Crippen molar-refractivity contribution in [3.8, 4) is 6.07 Å². The number of nitriles is 1. The molecule has 0 bridgehead atoms. The van der Waals surface area contributed by atoms with Crippen molar-refractivity contribution in [2.45, 2.75) is 13.5 Å². The topological polar surface area (TPSA) is 35.8 Å². The Bertz CT molecular complexity index is 553. The lowest BCUT2D eigenvalue weighted by atomic mass is 10.1. The predicted molar refractivity (Wildman–Crippen MR) is 69.7 cm³/mol. The maximum atomic E-state index is 8.98. The third-order valence-corrected chi connectivity index (χ3v) is 2.78. The first kappa shape index (κ1) is 11.2. The molecule has 0 saturated heterocycles. The van der Waals surface area contributed by atoms with E-state index in [1.807, 2.05) is 36.4 Å². The Morgan fingerprint density at radius 2 is 1.76 bits per heavy atom. The highest BCUT2D eigenvalue weighted by Crippen LogP contribution is 2.16. The Balaban J connectivity index is 2.13. The van der Waals surface area contributed by atoms with Crippen molar-refractivity contribution in [3.05, 3.63) is 65.2 Å². The Hall–Kier alpha value is -2.27. The van der Waals surface area contributed by atoms with E-state index in [1.54, 1.807) is 0 Å². The van der Waals surface area contributed by atoms with Crippen LogP contribution in [0.5, 0.6) is 0 Å². The van der Waals surface area contributed by atoms with Crippen molar-refractivity contribution >= 4 is 5.69 Å². The number of nitrogens with one attached hydrogen (secondary N) is 1. The van der Waals surface area contributed by atoms with Crippen LogP contribution in [0.3, 0.4) is 0 Å². The summed E-state index contributed by atoms with van der Waals surface area (Å²) in [5.74, 6) is 0. The first-order valence-electron chi connectivity index (χ1n) is 5.59. The van der Waals surface area contributed by atoms with Crippen LogP contribution in [0, 0.1) is 18.3 Å². The zero-order chi connectivity index (χ0) is 12.1. The minimum Gasteiger partial charge on any atom is -0.380 e. The monoisotopic (exact) mass is 222 g/mol. The van der Waals surface area contributed by atoms with Gasteiger partial charge in [0.25, 0.3) is 0 Å². The molecule has 0 spiro atoms. The molecule has 0 aromatic heterocycles. The summed E-state index contributed by atoms with van der Waals surface area (Å²) in [6.07, 6.45) is 0. The predicted octanol–water partition coefficient (Wildman–Crippen LogP) is 3.48. The molecular weight excluding hydrogens is 208 g/mol. The average Bonchev–Trinajstić information content (AvgIpc) is 2.38. The smallest absolute Gasteiger partial charge is 0.101 e. The first-order chi connectivity index (χ1) is 8.31. The molecule has 0 aliphatic rings. The number of nitrogens with zero attached hydrogens (tertiary/aromatic N) is 1. The fraction of sp³-hybridized carbons (Fsp3) is 0.133. The van der Waals surface area contributed by atoms with Gasteiger partial charge in [-0.05, 0) is 30.2 Å². The number of hydrogen-bond acceptors (Lipinski definition) is 2. The lowest BCUT2D eigenvalue weighted by Gasteiger charge is -2.09. The normalized spacial score (nSPS) is 9.65. The van der Waals surface area contributed by atoms with E-state index in [2.05, 4.69) is 30.4 Å². The van der Waals surface area contributed by atoms with Crippen molar-refractivity contribution in [3.63, 3.8) is 0 Å². The van der Waals surface area contributed by atoms with Gasteiger partial charge in [0.05, 0.1) is 11.3 Å². The second kappa shape index (κ2) is 5.18. The van der Waals surface area contributed by atoms with E-state index in [1.165, 1.54) is 11.1 Å². The second-order valence-corrected chi connectivity index (χ2v) is 3.94. The van der Waals surface area contributed by atoms with Gasteiger partial charge in [0.15, 0.2) is 0 Å². The molecule has 0 saturated carbocycles. The molecule has 0 aliphatic carbocycles. The van der Waals surface area contributed by atoms with E-state index in [9.17, 15) is 0 Å². The van der Waals surface area contributed by atoms with Crippen LogP contribution in [0.2, 0.25) is 0 Å². The number of aryl methyl sites for hydroxylation is 1. The zero-order valence-corrected chi connectivity index (χ0v) is 9.77. The van der Waals surface area contributed by atoms with E-state index in [4.69, 9.17) is 5.26 Å². The summed E-state index contributed by atoms with van der Waals surface area (Å²) in [5.41, 5.74) is 4.08. The van der Waals surface area contributed by atoms with Crippen LogP contribution in [0.15, 0.2) is 48.5 Å². The molecule has 17 heavy (non-hydrogen) atoms. The summed E-state index contributed by atoms with van der Waals surface area (Å²) in [6, 6.07) is 18.0. The lowest BCUT2D eigenvalue weighted by Crippen LogP contribution is -2.02. The Labute approximate surface area is 102 Å². The summed E-state index contributed by atoms with van der Waals surface area (Å²) >= 11 is 0. The molecule has 0 amide bonds. The Kier molecular flexibility index (Phi) is 3.42. The fourth-order valence-electron chi connectivity index (χ4n) is 1.73. The number of benzene rings is 2. The zero-order valence-electron chi connectivity index (χ0n) is 9.77. The Morgan fingerprint density at radius 3 is 2.53 bits per heavy atom. The highest BCUT2D eigenvalue weighted by Gasteiger charge is 2.01. The Morgan fingerprint density at radius 1 is 1.06 bits per heavy atom. The van der Waals surface area contributed by atoms with Crippen LogP contribution in [-0.2, 0) is 6.54 Å². The molecule has 0 unspecified atom stereocenters. The van der Waals surface area contributed by atoms with Crippen LogP contribution < -0.4 is 5.32 Å². The van der Waals surface area contributed by atoms with Gasteiger partial charge in [0.1, 0.15) is 6.07 Å². The summed E-state index contributed by atoms with van der Waals surface area (Å²) in [5, 5.41) is 12.3. The SMILES string of the molecule is Cc1ccccc1CNc1ccccc1C#N. The van der Waals surface area contributed by atoms with Gasteiger partial charge in [-0.25, -0.2) is 0 Å². The molecule has 0 atom stereocenters. The minimum absolute atomic E-state index is 0.682. The maximum Gasteiger partial charge on any atom is 0.101 e. The molecule has 0 fully saturated rings. The van der Waals surface area contributed by atoms with Gasteiger partial charge < -0.3 is 5.32 Å². The molecule has 2 heteroatoms. The number of para-hydroxylation sites is 1. The van der Waals surface area contributed by atoms with Crippen molar-refractivity contribution in [1.29, 1.82) is 5.26 Å². The van der Waals surface area contributed by atoms with Crippen molar-refractivity contribution < 1.29 is 0 Å². The first-order valence-corrected chi connectivity index (χ1v) is 5.59. The minimum atomic E-state index is 0.682. The van der Waals surface area contributed by atoms with E-state index >= 15 is 0 Å². The summed E-state index contributed by atoms with van der Waals surface area (Å²) in [7, 11) is 0. The number of rotatable bonds is 3. The van der Waals surface area contributed by atoms with Crippen LogP contribution in [0.1, 0.15) is 16.7 Å². The van der Waals surface area contributed by atoms with Crippen molar-refractivity contribution in [2.24, 2.45) is 0 Å². The fourth-order valence-corrected chi connectivity index (χ4v) is 1.73. The van der Waals surface area contributed by atoms with Crippen LogP contribution in [-0.4, -0.2) is 0 Å². The molecule has 2 rings (SSSR count). The molecule has 2 nitrogen and oxygen atoms in total. The standard InChI is InChI=1S/C15H14N2/c1-12-6-2-3-8-14(12)11-17-15-9-5-4-7-13(15)10-16/h2-9,17H,11H2,1H3. The molecule has 0 aliphatic heterocycles. The lowest BCUT2D eigenvalue weighted by molar-refractivity contribution is 1.12. The van der Waals surface area contributed by atoms with Gasteiger partial charge in [-0.3, -0.25) is 0 Å². The van der Waals surface area contributed by atoms with Gasteiger partial charge in [0, 0.05) is 6.54 Å². The molecule has 2 aromatic rings. The molecule has 84 valence electrons. The largest absolute Gasteiger partial charge is 0.380 e. The van der Waals surface area contributed by atoms with Gasteiger partial charge in [-0.15, -0.1) is 0 Å². The quantitative estimate of drug-likeness (QED) is 0.863. The number of anilines is 1. The highest BCUT2D eigenvalue weighted by atomic mass is 14.9. The van der Waals surface area contributed by atoms with Crippen LogP contribution in [0.25, 0.3) is 0 Å². The summed E-state index contributed by atoms with van der Waals surface area (Å²) in [4.78, 5) is 0. The summed E-state index contributed by atoms with van der Waals surface area (Å²) < 4.78 is 0. The summed E-state index contributed by atoms with van der Waals surface area (Å²) in [6.45, 7) is 2.83. The molecule has 1 N–H and O–H groups in total. The van der Waals surface area contributed by atoms with E-state index in [0.717, 1.165) is 12.2 Å². The second-order valence-electron chi connectivity index (χ2n) is 3.94.